The van der Waals surface area contributed by atoms with E-state index in [1.165, 1.54) is 19.2 Å². The first-order valence-corrected chi connectivity index (χ1v) is 5.08. The Labute approximate surface area is 94.4 Å². The summed E-state index contributed by atoms with van der Waals surface area (Å²) in [5, 5.41) is 0. The molecule has 0 spiro atoms. The van der Waals surface area contributed by atoms with Crippen molar-refractivity contribution in [2.24, 2.45) is 0 Å². The first-order chi connectivity index (χ1) is 7.11. The van der Waals surface area contributed by atoms with E-state index in [-0.39, 0.29) is 5.82 Å². The minimum Gasteiger partial charge on any atom is -0.480 e. The summed E-state index contributed by atoms with van der Waals surface area (Å²) in [6.45, 7) is 1.79. The number of aromatic nitrogens is 2. The van der Waals surface area contributed by atoms with Crippen molar-refractivity contribution in [3.8, 4) is 5.88 Å². The Morgan fingerprint density at radius 3 is 2.73 bits per heavy atom. The summed E-state index contributed by atoms with van der Waals surface area (Å²) in [4.78, 5) is 8.45. The quantitative estimate of drug-likeness (QED) is 0.800. The van der Waals surface area contributed by atoms with Crippen molar-refractivity contribution in [1.29, 1.82) is 0 Å². The fourth-order valence-corrected chi connectivity index (χ4v) is 1.86. The highest BCUT2D eigenvalue weighted by molar-refractivity contribution is 9.10. The number of hydrogen-bond acceptors (Lipinski definition) is 3. The summed E-state index contributed by atoms with van der Waals surface area (Å²) in [6, 6.07) is 2.69. The van der Waals surface area contributed by atoms with Crippen LogP contribution >= 0.6 is 15.9 Å². The number of nitrogens with zero attached hydrogens (tertiary/aromatic N) is 2. The number of benzene rings is 1. The molecule has 1 heterocycles. The number of methoxy groups -OCH3 is 1. The van der Waals surface area contributed by atoms with Crippen molar-refractivity contribution >= 4 is 27.0 Å². The van der Waals surface area contributed by atoms with Gasteiger partial charge in [0.05, 0.1) is 12.6 Å². The van der Waals surface area contributed by atoms with E-state index < -0.39 is 0 Å². The standard InChI is InChI=1S/C10H8BrFN2O/c1-5-10(15-2)14-8-4-6(12)3-7(11)9(8)13-5/h3-4H,1-2H3. The highest BCUT2D eigenvalue weighted by Gasteiger charge is 2.09. The number of fused-ring (bicyclic) bond motifs is 1. The maximum atomic E-state index is 13.1. The molecule has 1 aromatic carbocycles. The lowest BCUT2D eigenvalue weighted by atomic mass is 10.3. The molecule has 0 unspecified atom stereocenters. The number of hydrogen-bond donors (Lipinski definition) is 0. The molecule has 0 bridgehead atoms. The van der Waals surface area contributed by atoms with Crippen LogP contribution in [0.1, 0.15) is 5.69 Å². The maximum absolute atomic E-state index is 13.1. The smallest absolute Gasteiger partial charge is 0.235 e. The first-order valence-electron chi connectivity index (χ1n) is 4.29. The van der Waals surface area contributed by atoms with Crippen molar-refractivity contribution in [1.82, 2.24) is 9.97 Å². The van der Waals surface area contributed by atoms with Crippen LogP contribution in [0.25, 0.3) is 11.0 Å². The molecular formula is C10H8BrFN2O. The highest BCUT2D eigenvalue weighted by atomic mass is 79.9. The van der Waals surface area contributed by atoms with E-state index in [0.29, 0.717) is 27.1 Å². The second-order valence-electron chi connectivity index (χ2n) is 3.07. The third-order valence-corrected chi connectivity index (χ3v) is 2.62. The van der Waals surface area contributed by atoms with Gasteiger partial charge >= 0.3 is 0 Å². The molecule has 0 amide bonds. The molecule has 0 saturated carbocycles. The summed E-state index contributed by atoms with van der Waals surface area (Å²) in [7, 11) is 1.51. The molecule has 0 aliphatic rings. The molecular weight excluding hydrogens is 263 g/mol. The SMILES string of the molecule is COc1nc2cc(F)cc(Br)c2nc1C. The Kier molecular flexibility index (Phi) is 2.56. The maximum Gasteiger partial charge on any atom is 0.235 e. The average Bonchev–Trinajstić information content (AvgIpc) is 2.18. The number of aryl methyl sites for hydroxylation is 1. The molecule has 0 fully saturated rings. The molecule has 2 aromatic rings. The minimum atomic E-state index is -0.352. The predicted octanol–water partition coefficient (Wildman–Crippen LogP) is 2.85. The Balaban J connectivity index is 2.81. The van der Waals surface area contributed by atoms with Crippen molar-refractivity contribution in [2.75, 3.05) is 7.11 Å². The monoisotopic (exact) mass is 270 g/mol. The van der Waals surface area contributed by atoms with Crippen LogP contribution in [0.2, 0.25) is 0 Å². The van der Waals surface area contributed by atoms with Gasteiger partial charge in [0.25, 0.3) is 0 Å². The van der Waals surface area contributed by atoms with Crippen LogP contribution in [0.5, 0.6) is 5.88 Å². The molecule has 2 rings (SSSR count). The third kappa shape index (κ3) is 1.79. The number of halogens is 2. The van der Waals surface area contributed by atoms with Crippen LogP contribution in [0.4, 0.5) is 4.39 Å². The lowest BCUT2D eigenvalue weighted by Gasteiger charge is -2.05. The van der Waals surface area contributed by atoms with Crippen LogP contribution in [0.15, 0.2) is 16.6 Å². The van der Waals surface area contributed by atoms with Gasteiger partial charge in [0, 0.05) is 10.5 Å². The van der Waals surface area contributed by atoms with E-state index in [4.69, 9.17) is 4.74 Å². The van der Waals surface area contributed by atoms with Gasteiger partial charge in [-0.1, -0.05) is 0 Å². The van der Waals surface area contributed by atoms with Gasteiger partial charge in [0.2, 0.25) is 5.88 Å². The van der Waals surface area contributed by atoms with Crippen LogP contribution in [0.3, 0.4) is 0 Å². The number of ether oxygens (including phenoxy) is 1. The molecule has 1 aromatic heterocycles. The van der Waals surface area contributed by atoms with Gasteiger partial charge in [-0.25, -0.2) is 14.4 Å². The van der Waals surface area contributed by atoms with E-state index >= 15 is 0 Å². The van der Waals surface area contributed by atoms with E-state index in [2.05, 4.69) is 25.9 Å². The van der Waals surface area contributed by atoms with Crippen LogP contribution in [0, 0.1) is 12.7 Å². The molecule has 0 aliphatic heterocycles. The third-order valence-electron chi connectivity index (χ3n) is 2.01. The average molecular weight is 271 g/mol. The Morgan fingerprint density at radius 2 is 2.07 bits per heavy atom. The van der Waals surface area contributed by atoms with Crippen molar-refractivity contribution in [3.05, 3.63) is 28.1 Å². The Hall–Kier alpha value is -1.23. The van der Waals surface area contributed by atoms with E-state index in [1.54, 1.807) is 6.92 Å². The van der Waals surface area contributed by atoms with Gasteiger partial charge in [-0.05, 0) is 28.9 Å². The zero-order valence-corrected chi connectivity index (χ0v) is 9.80. The fraction of sp³-hybridized carbons (Fsp3) is 0.200. The molecule has 5 heteroatoms. The lowest BCUT2D eigenvalue weighted by molar-refractivity contribution is 0.394. The van der Waals surface area contributed by atoms with Gasteiger partial charge in [-0.3, -0.25) is 0 Å². The molecule has 78 valence electrons. The first kappa shape index (κ1) is 10.3. The summed E-state index contributed by atoms with van der Waals surface area (Å²) >= 11 is 3.25. The van der Waals surface area contributed by atoms with Crippen LogP contribution < -0.4 is 4.74 Å². The van der Waals surface area contributed by atoms with Gasteiger partial charge in [-0.15, -0.1) is 0 Å². The second kappa shape index (κ2) is 3.73. The fourth-order valence-electron chi connectivity index (χ4n) is 1.35. The van der Waals surface area contributed by atoms with E-state index in [1.807, 2.05) is 0 Å². The van der Waals surface area contributed by atoms with Crippen LogP contribution in [-0.4, -0.2) is 17.1 Å². The minimum absolute atomic E-state index is 0.352. The topological polar surface area (TPSA) is 35.0 Å². The van der Waals surface area contributed by atoms with E-state index in [0.717, 1.165) is 0 Å². The Bertz CT molecular complexity index is 530. The van der Waals surface area contributed by atoms with Crippen molar-refractivity contribution in [3.63, 3.8) is 0 Å². The normalized spacial score (nSPS) is 10.7. The predicted molar refractivity (Wildman–Crippen MR) is 58.5 cm³/mol. The van der Waals surface area contributed by atoms with Gasteiger partial charge in [0.1, 0.15) is 17.0 Å². The molecule has 0 N–H and O–H groups in total. The number of rotatable bonds is 1. The molecule has 15 heavy (non-hydrogen) atoms. The zero-order valence-electron chi connectivity index (χ0n) is 8.21. The zero-order chi connectivity index (χ0) is 11.0. The lowest BCUT2D eigenvalue weighted by Crippen LogP contribution is -1.96. The summed E-state index contributed by atoms with van der Waals surface area (Å²) in [6.07, 6.45) is 0. The van der Waals surface area contributed by atoms with Crippen LogP contribution in [-0.2, 0) is 0 Å². The summed E-state index contributed by atoms with van der Waals surface area (Å²) in [5.41, 5.74) is 1.79. The second-order valence-corrected chi connectivity index (χ2v) is 3.93. The largest absolute Gasteiger partial charge is 0.480 e. The van der Waals surface area contributed by atoms with E-state index in [9.17, 15) is 4.39 Å². The summed E-state index contributed by atoms with van der Waals surface area (Å²) in [5.74, 6) is 0.0644. The molecule has 0 saturated heterocycles. The van der Waals surface area contributed by atoms with Gasteiger partial charge in [0.15, 0.2) is 0 Å². The van der Waals surface area contributed by atoms with Crippen molar-refractivity contribution < 1.29 is 9.13 Å². The van der Waals surface area contributed by atoms with Gasteiger partial charge < -0.3 is 4.74 Å². The summed E-state index contributed by atoms with van der Waals surface area (Å²) < 4.78 is 18.7. The molecule has 0 aliphatic carbocycles. The van der Waals surface area contributed by atoms with Gasteiger partial charge in [-0.2, -0.15) is 0 Å². The Morgan fingerprint density at radius 1 is 1.33 bits per heavy atom. The molecule has 0 radical (unpaired) electrons. The highest BCUT2D eigenvalue weighted by Crippen LogP contribution is 2.25. The molecule has 3 nitrogen and oxygen atoms in total. The molecule has 0 atom stereocenters. The van der Waals surface area contributed by atoms with Crippen molar-refractivity contribution in [2.45, 2.75) is 6.92 Å².